The van der Waals surface area contributed by atoms with Crippen LogP contribution in [0.5, 0.6) is 0 Å². The minimum absolute atomic E-state index is 0.0469. The Bertz CT molecular complexity index is 535. The molecule has 20 heavy (non-hydrogen) atoms. The highest BCUT2D eigenvalue weighted by Gasteiger charge is 2.36. The lowest BCUT2D eigenvalue weighted by Gasteiger charge is -2.13. The summed E-state index contributed by atoms with van der Waals surface area (Å²) in [4.78, 5) is 27.7. The van der Waals surface area contributed by atoms with E-state index in [2.05, 4.69) is 0 Å². The molecule has 1 aliphatic rings. The molecule has 0 radical (unpaired) electrons. The molecule has 2 atom stereocenters. The van der Waals surface area contributed by atoms with Crippen LogP contribution in [0.15, 0.2) is 18.2 Å². The Balaban J connectivity index is 1.97. The summed E-state index contributed by atoms with van der Waals surface area (Å²) in [5.41, 5.74) is 0. The standard InChI is InChI=1S/C15H19NO3S/c1-10-8-16(9-13(10)15(18)19-3)14(17)7-6-12-5-4-11(2)20-12/h4-7,10,13H,8-9H2,1-3H3/b7-6+. The van der Waals surface area contributed by atoms with Gasteiger partial charge in [-0.25, -0.2) is 0 Å². The van der Waals surface area contributed by atoms with E-state index in [1.54, 1.807) is 22.3 Å². The van der Waals surface area contributed by atoms with Gasteiger partial charge >= 0.3 is 5.97 Å². The molecule has 0 bridgehead atoms. The summed E-state index contributed by atoms with van der Waals surface area (Å²) in [6.45, 7) is 5.06. The van der Waals surface area contributed by atoms with E-state index < -0.39 is 0 Å². The van der Waals surface area contributed by atoms with Gasteiger partial charge in [0.2, 0.25) is 5.91 Å². The molecule has 2 heterocycles. The summed E-state index contributed by atoms with van der Waals surface area (Å²) in [7, 11) is 1.39. The Labute approximate surface area is 123 Å². The summed E-state index contributed by atoms with van der Waals surface area (Å²) < 4.78 is 4.77. The topological polar surface area (TPSA) is 46.6 Å². The monoisotopic (exact) mass is 293 g/mol. The molecule has 1 amide bonds. The third-order valence-electron chi connectivity index (χ3n) is 3.58. The first-order chi connectivity index (χ1) is 9.51. The van der Waals surface area contributed by atoms with Crippen molar-refractivity contribution < 1.29 is 14.3 Å². The first kappa shape index (κ1) is 14.8. The summed E-state index contributed by atoms with van der Waals surface area (Å²) >= 11 is 1.65. The molecule has 2 unspecified atom stereocenters. The molecule has 5 heteroatoms. The van der Waals surface area contributed by atoms with Gasteiger partial charge in [0.25, 0.3) is 0 Å². The number of methoxy groups -OCH3 is 1. The van der Waals surface area contributed by atoms with Crippen LogP contribution >= 0.6 is 11.3 Å². The molecule has 2 rings (SSSR count). The smallest absolute Gasteiger partial charge is 0.310 e. The summed E-state index contributed by atoms with van der Waals surface area (Å²) in [6.07, 6.45) is 3.41. The second kappa shape index (κ2) is 6.22. The number of nitrogens with zero attached hydrogens (tertiary/aromatic N) is 1. The second-order valence-corrected chi connectivity index (χ2v) is 6.45. The van der Waals surface area contributed by atoms with E-state index in [-0.39, 0.29) is 23.7 Å². The number of ether oxygens (including phenoxy) is 1. The van der Waals surface area contributed by atoms with Gasteiger partial charge in [-0.3, -0.25) is 9.59 Å². The number of amides is 1. The average molecular weight is 293 g/mol. The average Bonchev–Trinajstić information content (AvgIpc) is 3.01. The van der Waals surface area contributed by atoms with Gasteiger partial charge in [0, 0.05) is 28.9 Å². The summed E-state index contributed by atoms with van der Waals surface area (Å²) in [5, 5.41) is 0. The maximum absolute atomic E-state index is 12.1. The third-order valence-corrected chi connectivity index (χ3v) is 4.55. The van der Waals surface area contributed by atoms with Gasteiger partial charge in [0.05, 0.1) is 13.0 Å². The van der Waals surface area contributed by atoms with E-state index >= 15 is 0 Å². The molecule has 108 valence electrons. The van der Waals surface area contributed by atoms with Crippen LogP contribution in [0.3, 0.4) is 0 Å². The first-order valence-electron chi connectivity index (χ1n) is 6.62. The van der Waals surface area contributed by atoms with E-state index in [9.17, 15) is 9.59 Å². The molecular formula is C15H19NO3S. The summed E-state index contributed by atoms with van der Waals surface area (Å²) in [5.74, 6) is -0.343. The first-order valence-corrected chi connectivity index (χ1v) is 7.44. The maximum Gasteiger partial charge on any atom is 0.310 e. The van der Waals surface area contributed by atoms with Crippen molar-refractivity contribution in [1.29, 1.82) is 0 Å². The van der Waals surface area contributed by atoms with Crippen molar-refractivity contribution in [2.75, 3.05) is 20.2 Å². The largest absolute Gasteiger partial charge is 0.469 e. The van der Waals surface area contributed by atoms with Crippen molar-refractivity contribution >= 4 is 29.3 Å². The van der Waals surface area contributed by atoms with Crippen LogP contribution in [0.25, 0.3) is 6.08 Å². The quantitative estimate of drug-likeness (QED) is 0.635. The third kappa shape index (κ3) is 3.28. The van der Waals surface area contributed by atoms with Gasteiger partial charge in [0.15, 0.2) is 0 Å². The van der Waals surface area contributed by atoms with Crippen LogP contribution in [0.4, 0.5) is 0 Å². The predicted octanol–water partition coefficient (Wildman–Crippen LogP) is 2.34. The number of carbonyl (C=O) groups is 2. The lowest BCUT2D eigenvalue weighted by atomic mass is 9.99. The van der Waals surface area contributed by atoms with E-state index in [4.69, 9.17) is 4.74 Å². The van der Waals surface area contributed by atoms with Crippen LogP contribution in [-0.2, 0) is 14.3 Å². The van der Waals surface area contributed by atoms with Gasteiger partial charge < -0.3 is 9.64 Å². The number of aryl methyl sites for hydroxylation is 1. The number of hydrogen-bond donors (Lipinski definition) is 0. The summed E-state index contributed by atoms with van der Waals surface area (Å²) in [6, 6.07) is 4.02. The predicted molar refractivity (Wildman–Crippen MR) is 79.3 cm³/mol. The minimum atomic E-state index is -0.231. The van der Waals surface area contributed by atoms with Crippen molar-refractivity contribution in [1.82, 2.24) is 4.90 Å². The van der Waals surface area contributed by atoms with E-state index in [0.717, 1.165) is 4.88 Å². The Hall–Kier alpha value is -1.62. The number of rotatable bonds is 3. The Kier molecular flexibility index (Phi) is 4.60. The van der Waals surface area contributed by atoms with Crippen LogP contribution in [0, 0.1) is 18.8 Å². The van der Waals surface area contributed by atoms with E-state index in [1.807, 2.05) is 32.1 Å². The molecule has 4 nitrogen and oxygen atoms in total. The highest BCUT2D eigenvalue weighted by molar-refractivity contribution is 7.12. The Morgan fingerprint density at radius 1 is 1.40 bits per heavy atom. The van der Waals surface area contributed by atoms with Gasteiger partial charge in [-0.15, -0.1) is 11.3 Å². The van der Waals surface area contributed by atoms with Crippen LogP contribution in [-0.4, -0.2) is 37.0 Å². The van der Waals surface area contributed by atoms with Crippen LogP contribution in [0.1, 0.15) is 16.7 Å². The molecule has 0 N–H and O–H groups in total. The lowest BCUT2D eigenvalue weighted by molar-refractivity contribution is -0.146. The fourth-order valence-corrected chi connectivity index (χ4v) is 3.19. The van der Waals surface area contributed by atoms with Crippen molar-refractivity contribution in [2.45, 2.75) is 13.8 Å². The van der Waals surface area contributed by atoms with Crippen LogP contribution < -0.4 is 0 Å². The number of esters is 1. The SMILES string of the molecule is COC(=O)C1CN(C(=O)/C=C/c2ccc(C)s2)CC1C. The molecule has 0 spiro atoms. The van der Waals surface area contributed by atoms with E-state index in [1.165, 1.54) is 12.0 Å². The zero-order chi connectivity index (χ0) is 14.7. The van der Waals surface area contributed by atoms with Gasteiger partial charge in [-0.2, -0.15) is 0 Å². The highest BCUT2D eigenvalue weighted by atomic mass is 32.1. The fourth-order valence-electron chi connectivity index (χ4n) is 2.41. The molecular weight excluding hydrogens is 274 g/mol. The van der Waals surface area contributed by atoms with Gasteiger partial charge in [-0.1, -0.05) is 6.92 Å². The number of hydrogen-bond acceptors (Lipinski definition) is 4. The molecule has 1 saturated heterocycles. The van der Waals surface area contributed by atoms with E-state index in [0.29, 0.717) is 13.1 Å². The fraction of sp³-hybridized carbons (Fsp3) is 0.467. The molecule has 0 saturated carbocycles. The maximum atomic E-state index is 12.1. The minimum Gasteiger partial charge on any atom is -0.469 e. The normalized spacial score (nSPS) is 22.4. The van der Waals surface area contributed by atoms with Crippen LogP contribution in [0.2, 0.25) is 0 Å². The van der Waals surface area contributed by atoms with Crippen molar-refractivity contribution in [3.05, 3.63) is 28.0 Å². The molecule has 1 aromatic heterocycles. The molecule has 0 aliphatic carbocycles. The van der Waals surface area contributed by atoms with Crippen molar-refractivity contribution in [3.63, 3.8) is 0 Å². The highest BCUT2D eigenvalue weighted by Crippen LogP contribution is 2.24. The Morgan fingerprint density at radius 3 is 2.75 bits per heavy atom. The second-order valence-electron chi connectivity index (χ2n) is 5.13. The number of likely N-dealkylation sites (tertiary alicyclic amines) is 1. The Morgan fingerprint density at radius 2 is 2.15 bits per heavy atom. The van der Waals surface area contributed by atoms with Gasteiger partial charge in [0.1, 0.15) is 0 Å². The van der Waals surface area contributed by atoms with Crippen molar-refractivity contribution in [2.24, 2.45) is 11.8 Å². The molecule has 1 fully saturated rings. The zero-order valence-corrected chi connectivity index (χ0v) is 12.8. The number of carbonyl (C=O) groups excluding carboxylic acids is 2. The lowest BCUT2D eigenvalue weighted by Crippen LogP contribution is -2.28. The molecule has 1 aliphatic heterocycles. The van der Waals surface area contributed by atoms with Crippen molar-refractivity contribution in [3.8, 4) is 0 Å². The molecule has 1 aromatic rings. The number of thiophene rings is 1. The molecule has 0 aromatic carbocycles. The van der Waals surface area contributed by atoms with Gasteiger partial charge in [-0.05, 0) is 31.1 Å². The zero-order valence-electron chi connectivity index (χ0n) is 12.0.